The van der Waals surface area contributed by atoms with Gasteiger partial charge >= 0.3 is 17.9 Å². The quantitative estimate of drug-likeness (QED) is 0.0262. The maximum Gasteiger partial charge on any atom is 0.306 e. The fourth-order valence-electron chi connectivity index (χ4n) is 8.02. The molecule has 0 saturated heterocycles. The standard InChI is InChI=1S/C56H104O6/c1-4-7-10-13-16-19-22-25-28-29-32-34-37-40-43-46-49-55(58)61-52-53(62-56(59)50-47-44-41-38-35-31-27-24-21-18-15-12-9-6-3)51-60-54(57)48-45-42-39-36-33-30-26-23-20-17-14-11-8-5-2/h24,27-29,53H,4-23,25-26,30-52H2,1-3H3/b27-24-,29-28-/t53-/m1/s1. The maximum absolute atomic E-state index is 12.8. The van der Waals surface area contributed by atoms with Crippen LogP contribution in [0.5, 0.6) is 0 Å². The maximum atomic E-state index is 12.8. The number of rotatable bonds is 50. The van der Waals surface area contributed by atoms with E-state index in [1.807, 2.05) is 0 Å². The first-order valence-corrected chi connectivity index (χ1v) is 27.3. The molecule has 62 heavy (non-hydrogen) atoms. The largest absolute Gasteiger partial charge is 0.462 e. The molecule has 364 valence electrons. The normalized spacial score (nSPS) is 12.1. The van der Waals surface area contributed by atoms with E-state index in [-0.39, 0.29) is 31.1 Å². The molecule has 0 unspecified atom stereocenters. The van der Waals surface area contributed by atoms with Gasteiger partial charge in [-0.2, -0.15) is 0 Å². The Balaban J connectivity index is 4.36. The van der Waals surface area contributed by atoms with Gasteiger partial charge in [-0.15, -0.1) is 0 Å². The molecule has 0 radical (unpaired) electrons. The third-order valence-corrected chi connectivity index (χ3v) is 12.2. The lowest BCUT2D eigenvalue weighted by molar-refractivity contribution is -0.167. The van der Waals surface area contributed by atoms with Crippen molar-refractivity contribution < 1.29 is 28.6 Å². The highest BCUT2D eigenvalue weighted by atomic mass is 16.6. The molecule has 0 fully saturated rings. The topological polar surface area (TPSA) is 78.9 Å². The van der Waals surface area contributed by atoms with E-state index in [9.17, 15) is 14.4 Å². The smallest absolute Gasteiger partial charge is 0.306 e. The second-order valence-electron chi connectivity index (χ2n) is 18.5. The van der Waals surface area contributed by atoms with Crippen molar-refractivity contribution in [1.29, 1.82) is 0 Å². The van der Waals surface area contributed by atoms with E-state index >= 15 is 0 Å². The van der Waals surface area contributed by atoms with Gasteiger partial charge in [0, 0.05) is 19.3 Å². The molecule has 0 bridgehead atoms. The van der Waals surface area contributed by atoms with E-state index in [1.54, 1.807) is 0 Å². The van der Waals surface area contributed by atoms with E-state index in [0.29, 0.717) is 19.3 Å². The van der Waals surface area contributed by atoms with Gasteiger partial charge in [0.25, 0.3) is 0 Å². The van der Waals surface area contributed by atoms with Crippen LogP contribution in [0.4, 0.5) is 0 Å². The highest BCUT2D eigenvalue weighted by Gasteiger charge is 2.19. The Hall–Kier alpha value is -2.11. The van der Waals surface area contributed by atoms with Crippen LogP contribution in [0, 0.1) is 0 Å². The van der Waals surface area contributed by atoms with Crippen LogP contribution in [0.3, 0.4) is 0 Å². The van der Waals surface area contributed by atoms with E-state index in [1.165, 1.54) is 186 Å². The third-order valence-electron chi connectivity index (χ3n) is 12.2. The number of allylic oxidation sites excluding steroid dienone is 4. The lowest BCUT2D eigenvalue weighted by atomic mass is 10.0. The van der Waals surface area contributed by atoms with Gasteiger partial charge in [-0.3, -0.25) is 14.4 Å². The van der Waals surface area contributed by atoms with Crippen molar-refractivity contribution in [1.82, 2.24) is 0 Å². The zero-order chi connectivity index (χ0) is 45.1. The predicted octanol–water partition coefficient (Wildman–Crippen LogP) is 17.9. The minimum Gasteiger partial charge on any atom is -0.462 e. The van der Waals surface area contributed by atoms with Crippen molar-refractivity contribution in [3.63, 3.8) is 0 Å². The average molecular weight is 873 g/mol. The Labute approximate surface area is 385 Å². The molecule has 0 heterocycles. The molecule has 0 spiro atoms. The summed E-state index contributed by atoms with van der Waals surface area (Å²) in [6.07, 6.45) is 58.7. The SMILES string of the molecule is CCCCCCC/C=C\CCCCCCCC(=O)O[C@@H](COC(=O)CCCCCCC/C=C\CCCCCCCCC)COC(=O)CCCCCCCCCCCCCCCC. The number of carbonyl (C=O) groups excluding carboxylic acids is 3. The highest BCUT2D eigenvalue weighted by molar-refractivity contribution is 5.71. The van der Waals surface area contributed by atoms with Crippen molar-refractivity contribution in [2.24, 2.45) is 0 Å². The summed E-state index contributed by atoms with van der Waals surface area (Å²) in [7, 11) is 0. The zero-order valence-electron chi connectivity index (χ0n) is 41.7. The number of hydrogen-bond donors (Lipinski definition) is 0. The second-order valence-corrected chi connectivity index (χ2v) is 18.5. The van der Waals surface area contributed by atoms with E-state index in [0.717, 1.165) is 70.6 Å². The number of hydrogen-bond acceptors (Lipinski definition) is 6. The van der Waals surface area contributed by atoms with Crippen molar-refractivity contribution >= 4 is 17.9 Å². The van der Waals surface area contributed by atoms with Crippen LogP contribution in [0.1, 0.15) is 297 Å². The van der Waals surface area contributed by atoms with Gasteiger partial charge in [0.15, 0.2) is 6.10 Å². The van der Waals surface area contributed by atoms with Gasteiger partial charge in [0.2, 0.25) is 0 Å². The van der Waals surface area contributed by atoms with Gasteiger partial charge in [0.1, 0.15) is 13.2 Å². The molecule has 0 aliphatic heterocycles. The van der Waals surface area contributed by atoms with E-state index in [4.69, 9.17) is 14.2 Å². The number of unbranched alkanes of at least 4 members (excludes halogenated alkanes) is 35. The molecule has 0 aromatic heterocycles. The predicted molar refractivity (Wildman–Crippen MR) is 266 cm³/mol. The molecular weight excluding hydrogens is 769 g/mol. The molecule has 0 rings (SSSR count). The summed E-state index contributed by atoms with van der Waals surface area (Å²) in [5.74, 6) is -0.875. The highest BCUT2D eigenvalue weighted by Crippen LogP contribution is 2.16. The van der Waals surface area contributed by atoms with Gasteiger partial charge < -0.3 is 14.2 Å². The van der Waals surface area contributed by atoms with Gasteiger partial charge in [-0.05, 0) is 70.6 Å². The number of carbonyl (C=O) groups is 3. The molecule has 0 saturated carbocycles. The minimum atomic E-state index is -0.774. The Morgan fingerprint density at radius 2 is 0.532 bits per heavy atom. The summed E-state index contributed by atoms with van der Waals surface area (Å²) in [6.45, 7) is 6.65. The van der Waals surface area contributed by atoms with Gasteiger partial charge in [-0.1, -0.05) is 231 Å². The Kier molecular flexibility index (Phi) is 49.8. The van der Waals surface area contributed by atoms with Crippen LogP contribution in [0.15, 0.2) is 24.3 Å². The Bertz CT molecular complexity index is 1000. The van der Waals surface area contributed by atoms with Crippen molar-refractivity contribution in [2.75, 3.05) is 13.2 Å². The minimum absolute atomic E-state index is 0.0732. The first-order chi connectivity index (χ1) is 30.5. The van der Waals surface area contributed by atoms with Crippen LogP contribution >= 0.6 is 0 Å². The Morgan fingerprint density at radius 3 is 0.806 bits per heavy atom. The monoisotopic (exact) mass is 873 g/mol. The lowest BCUT2D eigenvalue weighted by Crippen LogP contribution is -2.30. The molecule has 0 aromatic rings. The Morgan fingerprint density at radius 1 is 0.306 bits per heavy atom. The van der Waals surface area contributed by atoms with Gasteiger partial charge in [-0.25, -0.2) is 0 Å². The second kappa shape index (κ2) is 51.5. The van der Waals surface area contributed by atoms with Crippen molar-refractivity contribution in [2.45, 2.75) is 303 Å². The van der Waals surface area contributed by atoms with Crippen LogP contribution in [-0.4, -0.2) is 37.2 Å². The first kappa shape index (κ1) is 59.9. The summed E-state index contributed by atoms with van der Waals surface area (Å²) in [4.78, 5) is 38.0. The van der Waals surface area contributed by atoms with Crippen LogP contribution in [0.2, 0.25) is 0 Å². The molecule has 0 amide bonds. The zero-order valence-corrected chi connectivity index (χ0v) is 41.7. The first-order valence-electron chi connectivity index (χ1n) is 27.3. The molecular formula is C56H104O6. The van der Waals surface area contributed by atoms with Crippen LogP contribution in [0.25, 0.3) is 0 Å². The average Bonchev–Trinajstić information content (AvgIpc) is 3.27. The molecule has 0 aliphatic rings. The van der Waals surface area contributed by atoms with Crippen molar-refractivity contribution in [3.05, 3.63) is 24.3 Å². The van der Waals surface area contributed by atoms with Gasteiger partial charge in [0.05, 0.1) is 0 Å². The summed E-state index contributed by atoms with van der Waals surface area (Å²) in [5.41, 5.74) is 0. The summed E-state index contributed by atoms with van der Waals surface area (Å²) in [5, 5.41) is 0. The third kappa shape index (κ3) is 48.9. The fourth-order valence-corrected chi connectivity index (χ4v) is 8.02. The number of esters is 3. The molecule has 0 aliphatic carbocycles. The van der Waals surface area contributed by atoms with Crippen LogP contribution in [-0.2, 0) is 28.6 Å². The van der Waals surface area contributed by atoms with E-state index in [2.05, 4.69) is 45.1 Å². The fraction of sp³-hybridized carbons (Fsp3) is 0.875. The lowest BCUT2D eigenvalue weighted by Gasteiger charge is -2.18. The van der Waals surface area contributed by atoms with E-state index < -0.39 is 6.10 Å². The molecule has 6 heteroatoms. The van der Waals surface area contributed by atoms with Crippen LogP contribution < -0.4 is 0 Å². The number of ether oxygens (including phenoxy) is 3. The molecule has 0 aromatic carbocycles. The molecule has 0 N–H and O–H groups in total. The molecule has 1 atom stereocenters. The van der Waals surface area contributed by atoms with Crippen molar-refractivity contribution in [3.8, 4) is 0 Å². The summed E-state index contributed by atoms with van der Waals surface area (Å²) in [6, 6.07) is 0. The molecule has 6 nitrogen and oxygen atoms in total. The summed E-state index contributed by atoms with van der Waals surface area (Å²) < 4.78 is 16.8. The summed E-state index contributed by atoms with van der Waals surface area (Å²) >= 11 is 0.